The molecule has 6 nitrogen and oxygen atoms in total. The fourth-order valence-corrected chi connectivity index (χ4v) is 3.97. The second-order valence-electron chi connectivity index (χ2n) is 6.93. The van der Waals surface area contributed by atoms with Crippen LogP contribution >= 0.6 is 0 Å². The first kappa shape index (κ1) is 14.6. The molecule has 6 heteroatoms. The number of hydrazone groups is 1. The van der Waals surface area contributed by atoms with Gasteiger partial charge in [-0.2, -0.15) is 10.2 Å². The van der Waals surface area contributed by atoms with Gasteiger partial charge >= 0.3 is 0 Å². The Balaban J connectivity index is 1.76. The van der Waals surface area contributed by atoms with Crippen LogP contribution in [0.3, 0.4) is 0 Å². The van der Waals surface area contributed by atoms with Gasteiger partial charge in [-0.1, -0.05) is 6.07 Å². The van der Waals surface area contributed by atoms with E-state index in [0.717, 1.165) is 58.9 Å². The Hall–Kier alpha value is -2.73. The van der Waals surface area contributed by atoms with Gasteiger partial charge in [-0.15, -0.1) is 0 Å². The maximum atomic E-state index is 13.2. The molecular weight excluding hydrogens is 314 g/mol. The number of rotatable bonds is 1. The maximum Gasteiger partial charge on any atom is 0.274 e. The average molecular weight is 333 g/mol. The van der Waals surface area contributed by atoms with E-state index in [9.17, 15) is 4.79 Å². The maximum absolute atomic E-state index is 13.2. The zero-order valence-electron chi connectivity index (χ0n) is 14.1. The van der Waals surface area contributed by atoms with Crippen molar-refractivity contribution < 1.29 is 0 Å². The highest BCUT2D eigenvalue weighted by molar-refractivity contribution is 6.03. The van der Waals surface area contributed by atoms with Gasteiger partial charge in [0.2, 0.25) is 0 Å². The van der Waals surface area contributed by atoms with Gasteiger partial charge in [0.1, 0.15) is 0 Å². The summed E-state index contributed by atoms with van der Waals surface area (Å²) < 4.78 is 1.72. The summed E-state index contributed by atoms with van der Waals surface area (Å²) in [5, 5.41) is 10.6. The lowest BCUT2D eigenvalue weighted by atomic mass is 10.0. The molecule has 5 rings (SSSR count). The average Bonchev–Trinajstić information content (AvgIpc) is 2.97. The molecule has 3 heterocycles. The second kappa shape index (κ2) is 5.39. The van der Waals surface area contributed by atoms with Gasteiger partial charge in [0.25, 0.3) is 5.56 Å². The van der Waals surface area contributed by atoms with Gasteiger partial charge in [-0.05, 0) is 57.3 Å². The summed E-state index contributed by atoms with van der Waals surface area (Å²) in [5.74, 6) is 0. The Morgan fingerprint density at radius 2 is 2.00 bits per heavy atom. The summed E-state index contributed by atoms with van der Waals surface area (Å²) in [6.45, 7) is 2.00. The molecule has 25 heavy (non-hydrogen) atoms. The summed E-state index contributed by atoms with van der Waals surface area (Å²) in [5.41, 5.74) is 6.81. The van der Waals surface area contributed by atoms with E-state index in [0.29, 0.717) is 0 Å². The largest absolute Gasteiger partial charge is 0.306 e. The number of aromatic nitrogens is 2. The molecule has 0 amide bonds. The predicted molar refractivity (Wildman–Crippen MR) is 100 cm³/mol. The number of piperidine rings is 1. The zero-order chi connectivity index (χ0) is 17.0. The second-order valence-corrected chi connectivity index (χ2v) is 6.93. The molecule has 0 unspecified atom stereocenters. The smallest absolute Gasteiger partial charge is 0.274 e. The fourth-order valence-electron chi connectivity index (χ4n) is 3.97. The van der Waals surface area contributed by atoms with Gasteiger partial charge in [0.05, 0.1) is 22.6 Å². The normalized spacial score (nSPS) is 18.3. The van der Waals surface area contributed by atoms with Crippen LogP contribution in [0.4, 0.5) is 5.69 Å². The zero-order valence-corrected chi connectivity index (χ0v) is 14.1. The molecular formula is C19H19N5O. The van der Waals surface area contributed by atoms with E-state index in [2.05, 4.69) is 22.5 Å². The highest BCUT2D eigenvalue weighted by atomic mass is 16.1. The van der Waals surface area contributed by atoms with Crippen LogP contribution in [0.5, 0.6) is 0 Å². The van der Waals surface area contributed by atoms with E-state index in [4.69, 9.17) is 5.10 Å². The molecule has 1 saturated heterocycles. The van der Waals surface area contributed by atoms with Gasteiger partial charge in [-0.25, -0.2) is 4.68 Å². The van der Waals surface area contributed by atoms with Crippen molar-refractivity contribution >= 4 is 28.9 Å². The predicted octanol–water partition coefficient (Wildman–Crippen LogP) is 1.68. The van der Waals surface area contributed by atoms with Crippen LogP contribution in [-0.4, -0.2) is 41.0 Å². The van der Waals surface area contributed by atoms with E-state index >= 15 is 0 Å². The first-order valence-corrected chi connectivity index (χ1v) is 8.68. The van der Waals surface area contributed by atoms with Crippen molar-refractivity contribution in [3.63, 3.8) is 0 Å². The molecule has 0 bridgehead atoms. The molecule has 1 aromatic rings. The monoisotopic (exact) mass is 333 g/mol. The topological polar surface area (TPSA) is 62.5 Å². The quantitative estimate of drug-likeness (QED) is 0.736. The van der Waals surface area contributed by atoms with Crippen molar-refractivity contribution in [2.75, 3.05) is 25.6 Å². The Morgan fingerprint density at radius 1 is 1.16 bits per heavy atom. The summed E-state index contributed by atoms with van der Waals surface area (Å²) >= 11 is 0. The van der Waals surface area contributed by atoms with Gasteiger partial charge < -0.3 is 4.90 Å². The molecule has 0 spiro atoms. The lowest BCUT2D eigenvalue weighted by molar-refractivity contribution is 0.209. The first-order valence-electron chi connectivity index (χ1n) is 8.68. The van der Waals surface area contributed by atoms with Crippen molar-refractivity contribution in [2.24, 2.45) is 5.10 Å². The Kier molecular flexibility index (Phi) is 3.15. The number of nitrogens with zero attached hydrogens (tertiary/aromatic N) is 4. The lowest BCUT2D eigenvalue weighted by Gasteiger charge is -2.29. The molecule has 2 aliphatic heterocycles. The van der Waals surface area contributed by atoms with E-state index in [1.54, 1.807) is 10.9 Å². The van der Waals surface area contributed by atoms with Crippen LogP contribution < -0.4 is 16.2 Å². The molecule has 1 fully saturated rings. The van der Waals surface area contributed by atoms with E-state index in [-0.39, 0.29) is 11.6 Å². The van der Waals surface area contributed by atoms with Crippen molar-refractivity contribution in [2.45, 2.75) is 18.9 Å². The molecule has 0 radical (unpaired) electrons. The standard InChI is InChI=1S/C19H19N5O/c1-23-10-7-13(8-11-23)24-19(25)15-3-2-12-6-9-20-21-18(12)14-4-5-16(22-24)17(14)15/h2-6,9,13,21H,7-8,10-11H2,1H3. The number of hydrogen-bond donors (Lipinski definition) is 1. The highest BCUT2D eigenvalue weighted by Gasteiger charge is 2.24. The minimum atomic E-state index is 0.00604. The number of hydrogen-bond acceptors (Lipinski definition) is 5. The number of fused-ring (bicyclic) bond motifs is 2. The molecule has 0 aromatic carbocycles. The Bertz CT molecular complexity index is 1080. The lowest BCUT2D eigenvalue weighted by Crippen LogP contribution is -2.36. The van der Waals surface area contributed by atoms with E-state index in [1.165, 1.54) is 0 Å². The first-order chi connectivity index (χ1) is 12.2. The SMILES string of the molecule is CN1CCC(n2nc3ccc4c5c(ccc(c3-4)c2=O)=CC=NN5)CC1. The van der Waals surface area contributed by atoms with Gasteiger partial charge in [-0.3, -0.25) is 10.2 Å². The number of nitrogens with one attached hydrogen (secondary N) is 1. The third-order valence-electron chi connectivity index (χ3n) is 5.38. The molecule has 1 aromatic heterocycles. The van der Waals surface area contributed by atoms with Crippen LogP contribution in [0, 0.1) is 0 Å². The van der Waals surface area contributed by atoms with Crippen LogP contribution in [0.2, 0.25) is 0 Å². The van der Waals surface area contributed by atoms with Crippen LogP contribution in [-0.2, 0) is 0 Å². The summed E-state index contributed by atoms with van der Waals surface area (Å²) in [6.07, 6.45) is 5.61. The Labute approximate surface area is 144 Å². The minimum absolute atomic E-state index is 0.00604. The van der Waals surface area contributed by atoms with E-state index < -0.39 is 0 Å². The van der Waals surface area contributed by atoms with Gasteiger partial charge in [0.15, 0.2) is 0 Å². The molecule has 1 N–H and O–H groups in total. The number of anilines is 1. The summed E-state index contributed by atoms with van der Waals surface area (Å²) in [4.78, 5) is 15.5. The van der Waals surface area contributed by atoms with Crippen LogP contribution in [0.15, 0.2) is 34.2 Å². The Morgan fingerprint density at radius 3 is 2.84 bits per heavy atom. The number of likely N-dealkylation sites (tertiary alicyclic amines) is 1. The van der Waals surface area contributed by atoms with Crippen LogP contribution in [0.25, 0.3) is 28.1 Å². The van der Waals surface area contributed by atoms with E-state index in [1.807, 2.05) is 30.3 Å². The molecule has 0 saturated carbocycles. The van der Waals surface area contributed by atoms with Crippen molar-refractivity contribution in [3.05, 3.63) is 39.8 Å². The van der Waals surface area contributed by atoms with Crippen molar-refractivity contribution in [1.82, 2.24) is 14.7 Å². The third-order valence-corrected chi connectivity index (χ3v) is 5.38. The third kappa shape index (κ3) is 2.17. The molecule has 0 atom stereocenters. The highest BCUT2D eigenvalue weighted by Crippen LogP contribution is 2.35. The summed E-state index contributed by atoms with van der Waals surface area (Å²) in [7, 11) is 2.12. The van der Waals surface area contributed by atoms with Crippen molar-refractivity contribution in [1.29, 1.82) is 0 Å². The van der Waals surface area contributed by atoms with Gasteiger partial charge in [0, 0.05) is 22.6 Å². The summed E-state index contributed by atoms with van der Waals surface area (Å²) in [6, 6.07) is 8.13. The van der Waals surface area contributed by atoms with Crippen molar-refractivity contribution in [3.8, 4) is 11.1 Å². The minimum Gasteiger partial charge on any atom is -0.306 e. The molecule has 2 aliphatic carbocycles. The fraction of sp³-hybridized carbons (Fsp3) is 0.316. The van der Waals surface area contributed by atoms with Crippen LogP contribution in [0.1, 0.15) is 18.9 Å². The molecule has 126 valence electrons. The molecule has 4 aliphatic rings.